The van der Waals surface area contributed by atoms with Gasteiger partial charge in [-0.2, -0.15) is 27.0 Å². The molecular formula is C21H31N3O4S2. The molecule has 4 rings (SSSR count). The van der Waals surface area contributed by atoms with Gasteiger partial charge in [0.1, 0.15) is 5.60 Å². The van der Waals surface area contributed by atoms with Crippen LogP contribution in [0.25, 0.3) is 11.0 Å². The Labute approximate surface area is 190 Å². The molecule has 1 aromatic heterocycles. The predicted octanol–water partition coefficient (Wildman–Crippen LogP) is 3.82. The van der Waals surface area contributed by atoms with Gasteiger partial charge >= 0.3 is 6.09 Å². The summed E-state index contributed by atoms with van der Waals surface area (Å²) < 4.78 is 10.8. The van der Waals surface area contributed by atoms with Crippen LogP contribution in [0.3, 0.4) is 0 Å². The number of rotatable bonds is 3. The van der Waals surface area contributed by atoms with Crippen molar-refractivity contribution in [1.82, 2.24) is 15.4 Å². The number of aromatic nitrogens is 1. The minimum atomic E-state index is -0.539. The highest BCUT2D eigenvalue weighted by Crippen LogP contribution is 2.42. The molecule has 2 heterocycles. The smallest absolute Gasteiger partial charge is 0.410 e. The van der Waals surface area contributed by atoms with Crippen molar-refractivity contribution in [1.29, 1.82) is 0 Å². The summed E-state index contributed by atoms with van der Waals surface area (Å²) in [5.41, 5.74) is 0.322. The van der Waals surface area contributed by atoms with Crippen molar-refractivity contribution >= 4 is 50.0 Å². The van der Waals surface area contributed by atoms with Crippen LogP contribution in [0.15, 0.2) is 28.8 Å². The SMILES string of the molecule is CC(C)(C)OC(=O)N1C[C@@H]2CCC[C@@H]2[C@H]1CNC(=O)c1noc2ccccc12.S.S. The molecule has 166 valence electrons. The van der Waals surface area contributed by atoms with Gasteiger partial charge in [-0.1, -0.05) is 23.7 Å². The van der Waals surface area contributed by atoms with E-state index in [1.807, 2.05) is 39.0 Å². The molecule has 3 atom stereocenters. The van der Waals surface area contributed by atoms with Crippen LogP contribution in [0.5, 0.6) is 0 Å². The normalized spacial score (nSPS) is 22.8. The summed E-state index contributed by atoms with van der Waals surface area (Å²) in [5.74, 6) is 0.611. The maximum atomic E-state index is 12.7. The fourth-order valence-electron chi connectivity index (χ4n) is 4.54. The zero-order valence-electron chi connectivity index (χ0n) is 17.6. The lowest BCUT2D eigenvalue weighted by Crippen LogP contribution is -2.47. The largest absolute Gasteiger partial charge is 0.444 e. The topological polar surface area (TPSA) is 84.7 Å². The summed E-state index contributed by atoms with van der Waals surface area (Å²) in [6.07, 6.45) is 3.09. The molecule has 0 bridgehead atoms. The van der Waals surface area contributed by atoms with Gasteiger partial charge in [-0.15, -0.1) is 0 Å². The van der Waals surface area contributed by atoms with Gasteiger partial charge in [-0.05, 0) is 57.6 Å². The third-order valence-corrected chi connectivity index (χ3v) is 5.74. The minimum absolute atomic E-state index is 0. The van der Waals surface area contributed by atoms with E-state index in [1.165, 1.54) is 6.42 Å². The summed E-state index contributed by atoms with van der Waals surface area (Å²) in [4.78, 5) is 27.2. The highest BCUT2D eigenvalue weighted by Gasteiger charge is 2.47. The standard InChI is InChI=1S/C21H27N3O4.2H2S/c1-21(2,3)27-20(26)24-12-13-7-6-9-14(13)16(24)11-22-19(25)18-15-8-4-5-10-17(15)28-23-18;;/h4-5,8,10,13-14,16H,6-7,9,11-12H2,1-3H3,(H,22,25);2*1H2/t13-,14-,16+;;/m0../s1. The van der Waals surface area contributed by atoms with Gasteiger partial charge < -0.3 is 19.5 Å². The number of likely N-dealkylation sites (tertiary alicyclic amines) is 1. The second kappa shape index (κ2) is 9.51. The van der Waals surface area contributed by atoms with E-state index in [0.29, 0.717) is 35.9 Å². The van der Waals surface area contributed by atoms with Crippen molar-refractivity contribution in [2.24, 2.45) is 11.8 Å². The number of hydrogen-bond donors (Lipinski definition) is 1. The quantitative estimate of drug-likeness (QED) is 0.764. The van der Waals surface area contributed by atoms with E-state index in [2.05, 4.69) is 10.5 Å². The molecular weight excluding hydrogens is 422 g/mol. The number of benzene rings is 1. The Balaban J connectivity index is 0.00000160. The molecule has 0 spiro atoms. The minimum Gasteiger partial charge on any atom is -0.444 e. The van der Waals surface area contributed by atoms with Crippen molar-refractivity contribution in [2.45, 2.75) is 51.7 Å². The van der Waals surface area contributed by atoms with Crippen molar-refractivity contribution in [2.75, 3.05) is 13.1 Å². The summed E-state index contributed by atoms with van der Waals surface area (Å²) in [6.45, 7) is 6.70. The molecule has 9 heteroatoms. The average Bonchev–Trinajstić information content (AvgIpc) is 3.32. The Bertz CT molecular complexity index is 896. The van der Waals surface area contributed by atoms with Gasteiger partial charge in [0.15, 0.2) is 11.3 Å². The van der Waals surface area contributed by atoms with Crippen LogP contribution in [0.1, 0.15) is 50.5 Å². The van der Waals surface area contributed by atoms with Crippen LogP contribution in [0, 0.1) is 11.8 Å². The average molecular weight is 454 g/mol. The molecule has 2 aliphatic rings. The van der Waals surface area contributed by atoms with Gasteiger partial charge in [-0.3, -0.25) is 4.79 Å². The first-order valence-corrected chi connectivity index (χ1v) is 9.96. The second-order valence-electron chi connectivity index (χ2n) is 8.79. The van der Waals surface area contributed by atoms with Crippen molar-refractivity contribution in [3.8, 4) is 0 Å². The Hall–Kier alpha value is -1.87. The molecule has 2 aromatic rings. The number of amides is 2. The van der Waals surface area contributed by atoms with Gasteiger partial charge in [0.05, 0.1) is 11.4 Å². The lowest BCUT2D eigenvalue weighted by molar-refractivity contribution is 0.0200. The summed E-state index contributed by atoms with van der Waals surface area (Å²) >= 11 is 0. The van der Waals surface area contributed by atoms with Gasteiger partial charge in [0.25, 0.3) is 5.91 Å². The zero-order valence-corrected chi connectivity index (χ0v) is 19.6. The van der Waals surface area contributed by atoms with Gasteiger partial charge in [0, 0.05) is 13.1 Å². The first-order valence-electron chi connectivity index (χ1n) is 9.96. The third-order valence-electron chi connectivity index (χ3n) is 5.74. The Morgan fingerprint density at radius 2 is 1.97 bits per heavy atom. The molecule has 0 radical (unpaired) electrons. The van der Waals surface area contributed by atoms with E-state index in [0.717, 1.165) is 12.8 Å². The Morgan fingerprint density at radius 3 is 2.70 bits per heavy atom. The van der Waals surface area contributed by atoms with Crippen molar-refractivity contribution < 1.29 is 18.8 Å². The fourth-order valence-corrected chi connectivity index (χ4v) is 4.54. The number of carbonyl (C=O) groups excluding carboxylic acids is 2. The zero-order chi connectivity index (χ0) is 19.9. The van der Waals surface area contributed by atoms with E-state index < -0.39 is 5.60 Å². The molecule has 2 fully saturated rings. The highest BCUT2D eigenvalue weighted by molar-refractivity contribution is 7.59. The molecule has 2 amide bonds. The number of nitrogens with zero attached hydrogens (tertiary/aromatic N) is 2. The van der Waals surface area contributed by atoms with Crippen LogP contribution < -0.4 is 5.32 Å². The van der Waals surface area contributed by atoms with Crippen LogP contribution in [-0.4, -0.2) is 46.8 Å². The Kier molecular flexibility index (Phi) is 7.74. The molecule has 1 aliphatic heterocycles. The van der Waals surface area contributed by atoms with Crippen LogP contribution >= 0.6 is 27.0 Å². The monoisotopic (exact) mass is 453 g/mol. The van der Waals surface area contributed by atoms with Crippen LogP contribution in [0.2, 0.25) is 0 Å². The fraction of sp³-hybridized carbons (Fsp3) is 0.571. The number of nitrogens with one attached hydrogen (secondary N) is 1. The number of carbonyl (C=O) groups is 2. The van der Waals surface area contributed by atoms with Crippen molar-refractivity contribution in [3.63, 3.8) is 0 Å². The van der Waals surface area contributed by atoms with E-state index in [9.17, 15) is 9.59 Å². The summed E-state index contributed by atoms with van der Waals surface area (Å²) in [5, 5.41) is 7.57. The van der Waals surface area contributed by atoms with Gasteiger partial charge in [0.2, 0.25) is 0 Å². The van der Waals surface area contributed by atoms with E-state index in [1.54, 1.807) is 11.0 Å². The molecule has 0 unspecified atom stereocenters. The number of fused-ring (bicyclic) bond motifs is 2. The third kappa shape index (κ3) is 4.88. The van der Waals surface area contributed by atoms with E-state index in [-0.39, 0.29) is 50.7 Å². The highest BCUT2D eigenvalue weighted by atomic mass is 32.1. The van der Waals surface area contributed by atoms with Crippen molar-refractivity contribution in [3.05, 3.63) is 30.0 Å². The van der Waals surface area contributed by atoms with E-state index in [4.69, 9.17) is 9.26 Å². The first kappa shape index (κ1) is 24.4. The molecule has 1 aliphatic carbocycles. The van der Waals surface area contributed by atoms with Crippen LogP contribution in [0.4, 0.5) is 4.79 Å². The summed E-state index contributed by atoms with van der Waals surface area (Å²) in [6, 6.07) is 7.23. The summed E-state index contributed by atoms with van der Waals surface area (Å²) in [7, 11) is 0. The number of para-hydroxylation sites is 1. The van der Waals surface area contributed by atoms with E-state index >= 15 is 0 Å². The molecule has 1 saturated carbocycles. The molecule has 1 N–H and O–H groups in total. The Morgan fingerprint density at radius 1 is 1.23 bits per heavy atom. The molecule has 30 heavy (non-hydrogen) atoms. The molecule has 7 nitrogen and oxygen atoms in total. The lowest BCUT2D eigenvalue weighted by Gasteiger charge is -2.30. The lowest BCUT2D eigenvalue weighted by atomic mass is 9.94. The molecule has 1 saturated heterocycles. The maximum Gasteiger partial charge on any atom is 0.410 e. The number of ether oxygens (including phenoxy) is 1. The first-order chi connectivity index (χ1) is 13.3. The molecule has 1 aromatic carbocycles. The second-order valence-corrected chi connectivity index (χ2v) is 8.79. The van der Waals surface area contributed by atoms with Crippen LogP contribution in [-0.2, 0) is 4.74 Å². The van der Waals surface area contributed by atoms with Gasteiger partial charge in [-0.25, -0.2) is 4.79 Å². The predicted molar refractivity (Wildman–Crippen MR) is 125 cm³/mol. The maximum absolute atomic E-state index is 12.7. The number of hydrogen-bond acceptors (Lipinski definition) is 5.